The van der Waals surface area contributed by atoms with Crippen LogP contribution in [0.5, 0.6) is 5.75 Å². The molecule has 1 atom stereocenters. The molecule has 1 aromatic carbocycles. The number of nitrogens with one attached hydrogen (secondary N) is 1. The SMILES string of the molecule is OC(CNCc1ccccn1)COc1cccc(C(F)(F)F)c1. The molecule has 2 rings (SSSR count). The van der Waals surface area contributed by atoms with Gasteiger partial charge in [-0.2, -0.15) is 13.2 Å². The highest BCUT2D eigenvalue weighted by Gasteiger charge is 2.30. The number of aliphatic hydroxyl groups is 1. The third-order valence-electron chi connectivity index (χ3n) is 3.02. The molecule has 2 aromatic rings. The fourth-order valence-electron chi connectivity index (χ4n) is 1.88. The summed E-state index contributed by atoms with van der Waals surface area (Å²) in [4.78, 5) is 4.12. The lowest BCUT2D eigenvalue weighted by Crippen LogP contribution is -2.31. The maximum absolute atomic E-state index is 12.6. The van der Waals surface area contributed by atoms with Crippen LogP contribution in [0.3, 0.4) is 0 Å². The summed E-state index contributed by atoms with van der Waals surface area (Å²) >= 11 is 0. The van der Waals surface area contributed by atoms with Crippen LogP contribution in [-0.2, 0) is 12.7 Å². The Morgan fingerprint density at radius 1 is 1.17 bits per heavy atom. The Hall–Kier alpha value is -2.12. The molecular formula is C16H17F3N2O2. The van der Waals surface area contributed by atoms with Gasteiger partial charge in [0, 0.05) is 19.3 Å². The molecule has 0 aliphatic heterocycles. The number of aromatic nitrogens is 1. The first-order valence-corrected chi connectivity index (χ1v) is 7.04. The normalized spacial score (nSPS) is 12.9. The fraction of sp³-hybridized carbons (Fsp3) is 0.312. The number of alkyl halides is 3. The van der Waals surface area contributed by atoms with Gasteiger partial charge in [-0.1, -0.05) is 12.1 Å². The van der Waals surface area contributed by atoms with Gasteiger partial charge in [0.2, 0.25) is 0 Å². The second kappa shape index (κ2) is 7.94. The lowest BCUT2D eigenvalue weighted by molar-refractivity contribution is -0.137. The largest absolute Gasteiger partial charge is 0.491 e. The first kappa shape index (κ1) is 17.2. The Labute approximate surface area is 131 Å². The van der Waals surface area contributed by atoms with Crippen LogP contribution in [0, 0.1) is 0 Å². The smallest absolute Gasteiger partial charge is 0.416 e. The number of nitrogens with zero attached hydrogens (tertiary/aromatic N) is 1. The van der Waals surface area contributed by atoms with Crippen molar-refractivity contribution in [2.45, 2.75) is 18.8 Å². The van der Waals surface area contributed by atoms with Crippen molar-refractivity contribution < 1.29 is 23.0 Å². The minimum absolute atomic E-state index is 0.0728. The summed E-state index contributed by atoms with van der Waals surface area (Å²) in [6.07, 6.45) is -3.58. The van der Waals surface area contributed by atoms with Crippen molar-refractivity contribution in [2.24, 2.45) is 0 Å². The zero-order valence-corrected chi connectivity index (χ0v) is 12.3. The molecule has 124 valence electrons. The van der Waals surface area contributed by atoms with E-state index < -0.39 is 17.8 Å². The maximum Gasteiger partial charge on any atom is 0.416 e. The van der Waals surface area contributed by atoms with Crippen molar-refractivity contribution in [2.75, 3.05) is 13.2 Å². The van der Waals surface area contributed by atoms with Crippen LogP contribution in [0.1, 0.15) is 11.3 Å². The van der Waals surface area contributed by atoms with Crippen LogP contribution in [-0.4, -0.2) is 29.3 Å². The number of hydrogen-bond donors (Lipinski definition) is 2. The summed E-state index contributed by atoms with van der Waals surface area (Å²) in [5.74, 6) is 0.0728. The molecule has 2 N–H and O–H groups in total. The van der Waals surface area contributed by atoms with Crippen molar-refractivity contribution in [3.63, 3.8) is 0 Å². The summed E-state index contributed by atoms with van der Waals surface area (Å²) < 4.78 is 42.9. The van der Waals surface area contributed by atoms with Crippen molar-refractivity contribution in [1.82, 2.24) is 10.3 Å². The Morgan fingerprint density at radius 3 is 2.70 bits per heavy atom. The van der Waals surface area contributed by atoms with Crippen LogP contribution in [0.2, 0.25) is 0 Å². The summed E-state index contributed by atoms with van der Waals surface area (Å²) in [7, 11) is 0. The number of rotatable bonds is 7. The highest BCUT2D eigenvalue weighted by molar-refractivity contribution is 5.30. The third-order valence-corrected chi connectivity index (χ3v) is 3.02. The molecule has 0 amide bonds. The van der Waals surface area contributed by atoms with Crippen molar-refractivity contribution >= 4 is 0 Å². The van der Waals surface area contributed by atoms with Crippen molar-refractivity contribution in [3.05, 3.63) is 59.9 Å². The van der Waals surface area contributed by atoms with Gasteiger partial charge in [-0.15, -0.1) is 0 Å². The average molecular weight is 326 g/mol. The van der Waals surface area contributed by atoms with E-state index in [9.17, 15) is 18.3 Å². The quantitative estimate of drug-likeness (QED) is 0.821. The molecule has 23 heavy (non-hydrogen) atoms. The minimum atomic E-state index is -4.41. The number of hydrogen-bond acceptors (Lipinski definition) is 4. The zero-order valence-electron chi connectivity index (χ0n) is 12.3. The van der Waals surface area contributed by atoms with Gasteiger partial charge in [0.25, 0.3) is 0 Å². The average Bonchev–Trinajstić information content (AvgIpc) is 2.53. The fourth-order valence-corrected chi connectivity index (χ4v) is 1.88. The second-order valence-corrected chi connectivity index (χ2v) is 4.94. The maximum atomic E-state index is 12.6. The number of aliphatic hydroxyl groups excluding tert-OH is 1. The van der Waals surface area contributed by atoms with Gasteiger partial charge in [-0.3, -0.25) is 4.98 Å². The first-order valence-electron chi connectivity index (χ1n) is 7.04. The van der Waals surface area contributed by atoms with E-state index in [1.807, 2.05) is 12.1 Å². The van der Waals surface area contributed by atoms with Gasteiger partial charge in [-0.25, -0.2) is 0 Å². The molecular weight excluding hydrogens is 309 g/mol. The molecule has 0 radical (unpaired) electrons. The summed E-state index contributed by atoms with van der Waals surface area (Å²) in [5, 5.41) is 12.8. The highest BCUT2D eigenvalue weighted by Crippen LogP contribution is 2.31. The standard InChI is InChI=1S/C16H17F3N2O2/c17-16(18,19)12-4-3-6-15(8-12)23-11-14(22)10-20-9-13-5-1-2-7-21-13/h1-8,14,20,22H,9-11H2. The number of benzene rings is 1. The van der Waals surface area contributed by atoms with E-state index in [-0.39, 0.29) is 18.9 Å². The van der Waals surface area contributed by atoms with Gasteiger partial charge in [0.05, 0.1) is 11.3 Å². The minimum Gasteiger partial charge on any atom is -0.491 e. The monoisotopic (exact) mass is 326 g/mol. The summed E-state index contributed by atoms with van der Waals surface area (Å²) in [5.41, 5.74) is 0.0521. The Balaban J connectivity index is 1.75. The third kappa shape index (κ3) is 5.88. The van der Waals surface area contributed by atoms with Gasteiger partial charge in [-0.05, 0) is 30.3 Å². The molecule has 0 fully saturated rings. The van der Waals surface area contributed by atoms with Gasteiger partial charge < -0.3 is 15.2 Å². The molecule has 1 unspecified atom stereocenters. The Kier molecular flexibility index (Phi) is 5.95. The van der Waals surface area contributed by atoms with Gasteiger partial charge in [0.1, 0.15) is 18.5 Å². The van der Waals surface area contributed by atoms with Crippen molar-refractivity contribution in [1.29, 1.82) is 0 Å². The van der Waals surface area contributed by atoms with Crippen LogP contribution in [0.25, 0.3) is 0 Å². The van der Waals surface area contributed by atoms with E-state index in [2.05, 4.69) is 10.3 Å². The summed E-state index contributed by atoms with van der Waals surface area (Å²) in [6.45, 7) is 0.632. The molecule has 0 bridgehead atoms. The lowest BCUT2D eigenvalue weighted by Gasteiger charge is -2.14. The molecule has 0 saturated carbocycles. The number of pyridine rings is 1. The molecule has 0 saturated heterocycles. The molecule has 0 aliphatic carbocycles. The van der Waals surface area contributed by atoms with E-state index in [0.717, 1.165) is 17.8 Å². The Bertz CT molecular complexity index is 606. The van der Waals surface area contributed by atoms with E-state index in [1.165, 1.54) is 12.1 Å². The molecule has 4 nitrogen and oxygen atoms in total. The van der Waals surface area contributed by atoms with E-state index in [4.69, 9.17) is 4.74 Å². The molecule has 7 heteroatoms. The van der Waals surface area contributed by atoms with E-state index >= 15 is 0 Å². The van der Waals surface area contributed by atoms with E-state index in [1.54, 1.807) is 12.3 Å². The van der Waals surface area contributed by atoms with Gasteiger partial charge in [0.15, 0.2) is 0 Å². The van der Waals surface area contributed by atoms with E-state index in [0.29, 0.717) is 6.54 Å². The number of ether oxygens (including phenoxy) is 1. The molecule has 0 aliphatic rings. The predicted molar refractivity (Wildman–Crippen MR) is 78.9 cm³/mol. The zero-order chi connectivity index (χ0) is 16.7. The first-order chi connectivity index (χ1) is 10.9. The van der Waals surface area contributed by atoms with Crippen LogP contribution < -0.4 is 10.1 Å². The topological polar surface area (TPSA) is 54.4 Å². The van der Waals surface area contributed by atoms with Crippen molar-refractivity contribution in [3.8, 4) is 5.75 Å². The molecule has 0 spiro atoms. The second-order valence-electron chi connectivity index (χ2n) is 4.94. The Morgan fingerprint density at radius 2 is 2.00 bits per heavy atom. The van der Waals surface area contributed by atoms with Crippen LogP contribution in [0.15, 0.2) is 48.7 Å². The van der Waals surface area contributed by atoms with Gasteiger partial charge >= 0.3 is 6.18 Å². The molecule has 1 aromatic heterocycles. The lowest BCUT2D eigenvalue weighted by atomic mass is 10.2. The van der Waals surface area contributed by atoms with Crippen LogP contribution >= 0.6 is 0 Å². The summed E-state index contributed by atoms with van der Waals surface area (Å²) in [6, 6.07) is 10.1. The molecule has 1 heterocycles. The predicted octanol–water partition coefficient (Wildman–Crippen LogP) is 2.63. The highest BCUT2D eigenvalue weighted by atomic mass is 19.4. The number of halogens is 3. The van der Waals surface area contributed by atoms with Crippen LogP contribution in [0.4, 0.5) is 13.2 Å².